The van der Waals surface area contributed by atoms with Gasteiger partial charge in [0.25, 0.3) is 0 Å². The zero-order chi connectivity index (χ0) is 16.0. The highest BCUT2D eigenvalue weighted by atomic mass is 28.3. The molecule has 4 nitrogen and oxygen atoms in total. The smallest absolute Gasteiger partial charge is 0.320 e. The van der Waals surface area contributed by atoms with Crippen LogP contribution in [0.3, 0.4) is 0 Å². The number of hydrogen-bond donors (Lipinski definition) is 0. The number of rotatable bonds is 6. The van der Waals surface area contributed by atoms with Crippen LogP contribution in [0, 0.1) is 11.8 Å². The lowest BCUT2D eigenvalue weighted by atomic mass is 9.87. The van der Waals surface area contributed by atoms with Crippen molar-refractivity contribution in [1.29, 1.82) is 0 Å². The van der Waals surface area contributed by atoms with E-state index in [0.29, 0.717) is 6.42 Å². The van der Waals surface area contributed by atoms with Gasteiger partial charge in [-0.2, -0.15) is 0 Å². The third-order valence-electron chi connectivity index (χ3n) is 3.47. The van der Waals surface area contributed by atoms with Crippen molar-refractivity contribution >= 4 is 20.0 Å². The topological polar surface area (TPSA) is 52.6 Å². The minimum absolute atomic E-state index is 0.171. The standard InChI is InChI=1S/C16H26O4Si/c1-6-19-15(17)14(16(18)20-7-2)12-9-8-10-13(11-12)21(3,4)5/h8,10-12,14H,6-7,9H2,1-5H3/t12-/m0/s1. The Kier molecular flexibility index (Phi) is 6.39. The van der Waals surface area contributed by atoms with Crippen molar-refractivity contribution in [2.45, 2.75) is 39.9 Å². The monoisotopic (exact) mass is 310 g/mol. The van der Waals surface area contributed by atoms with Crippen LogP contribution in [0.15, 0.2) is 23.4 Å². The number of carbonyl (C=O) groups is 2. The van der Waals surface area contributed by atoms with Crippen molar-refractivity contribution in [3.63, 3.8) is 0 Å². The van der Waals surface area contributed by atoms with Crippen LogP contribution < -0.4 is 0 Å². The largest absolute Gasteiger partial charge is 0.465 e. The summed E-state index contributed by atoms with van der Waals surface area (Å²) in [7, 11) is -1.48. The van der Waals surface area contributed by atoms with Crippen molar-refractivity contribution in [3.8, 4) is 0 Å². The molecule has 1 aliphatic carbocycles. The van der Waals surface area contributed by atoms with Gasteiger partial charge in [0.05, 0.1) is 21.3 Å². The van der Waals surface area contributed by atoms with Gasteiger partial charge in [-0.05, 0) is 20.3 Å². The Hall–Kier alpha value is -1.36. The molecule has 0 aromatic rings. The number of ether oxygens (including phenoxy) is 2. The number of carbonyl (C=O) groups excluding carboxylic acids is 2. The Labute approximate surface area is 128 Å². The molecule has 0 amide bonds. The zero-order valence-electron chi connectivity index (χ0n) is 13.6. The highest BCUT2D eigenvalue weighted by molar-refractivity contribution is 6.83. The van der Waals surface area contributed by atoms with Gasteiger partial charge in [0, 0.05) is 5.92 Å². The molecular weight excluding hydrogens is 284 g/mol. The molecule has 0 heterocycles. The quantitative estimate of drug-likeness (QED) is 0.430. The van der Waals surface area contributed by atoms with E-state index in [1.54, 1.807) is 13.8 Å². The van der Waals surface area contributed by atoms with Gasteiger partial charge in [0.2, 0.25) is 0 Å². The van der Waals surface area contributed by atoms with E-state index in [2.05, 4.69) is 31.8 Å². The summed E-state index contributed by atoms with van der Waals surface area (Å²) in [6.45, 7) is 10.7. The predicted molar refractivity (Wildman–Crippen MR) is 85.4 cm³/mol. The first-order valence-corrected chi connectivity index (χ1v) is 11.0. The molecule has 118 valence electrons. The lowest BCUT2D eigenvalue weighted by Crippen LogP contribution is -2.35. The maximum absolute atomic E-state index is 12.2. The van der Waals surface area contributed by atoms with Gasteiger partial charge >= 0.3 is 11.9 Å². The lowest BCUT2D eigenvalue weighted by molar-refractivity contribution is -0.163. The van der Waals surface area contributed by atoms with Crippen LogP contribution in [0.4, 0.5) is 0 Å². The van der Waals surface area contributed by atoms with E-state index >= 15 is 0 Å². The van der Waals surface area contributed by atoms with E-state index < -0.39 is 25.9 Å². The van der Waals surface area contributed by atoms with Gasteiger partial charge in [-0.15, -0.1) is 0 Å². The fraction of sp³-hybridized carbons (Fsp3) is 0.625. The molecule has 0 aromatic carbocycles. The Balaban J connectivity index is 3.03. The predicted octanol–water partition coefficient (Wildman–Crippen LogP) is 3.11. The fourth-order valence-electron chi connectivity index (χ4n) is 2.35. The van der Waals surface area contributed by atoms with Gasteiger partial charge in [0.15, 0.2) is 5.92 Å². The number of esters is 2. The summed E-state index contributed by atoms with van der Waals surface area (Å²) < 4.78 is 10.1. The van der Waals surface area contributed by atoms with Crippen LogP contribution in [0.1, 0.15) is 20.3 Å². The average molecular weight is 310 g/mol. The van der Waals surface area contributed by atoms with Gasteiger partial charge in [-0.1, -0.05) is 43.1 Å². The Morgan fingerprint density at radius 2 is 1.71 bits per heavy atom. The fourth-order valence-corrected chi connectivity index (χ4v) is 3.68. The van der Waals surface area contributed by atoms with Crippen LogP contribution in [-0.2, 0) is 19.1 Å². The second-order valence-corrected chi connectivity index (χ2v) is 11.2. The van der Waals surface area contributed by atoms with Crippen molar-refractivity contribution < 1.29 is 19.1 Å². The Morgan fingerprint density at radius 3 is 2.14 bits per heavy atom. The van der Waals surface area contributed by atoms with Gasteiger partial charge in [0.1, 0.15) is 0 Å². The van der Waals surface area contributed by atoms with Crippen molar-refractivity contribution in [2.75, 3.05) is 13.2 Å². The molecule has 21 heavy (non-hydrogen) atoms. The molecule has 0 N–H and O–H groups in total. The molecule has 0 radical (unpaired) electrons. The summed E-state index contributed by atoms with van der Waals surface area (Å²) in [5.74, 6) is -2.00. The van der Waals surface area contributed by atoms with E-state index in [-0.39, 0.29) is 19.1 Å². The molecule has 0 spiro atoms. The normalized spacial score (nSPS) is 18.4. The Morgan fingerprint density at radius 1 is 1.19 bits per heavy atom. The van der Waals surface area contributed by atoms with Crippen LogP contribution >= 0.6 is 0 Å². The Bertz CT molecular complexity index is 428. The van der Waals surface area contributed by atoms with Crippen LogP contribution in [0.25, 0.3) is 0 Å². The van der Waals surface area contributed by atoms with E-state index in [9.17, 15) is 9.59 Å². The zero-order valence-corrected chi connectivity index (χ0v) is 14.6. The van der Waals surface area contributed by atoms with Crippen LogP contribution in [0.2, 0.25) is 19.6 Å². The molecule has 0 saturated carbocycles. The van der Waals surface area contributed by atoms with Crippen molar-refractivity contribution in [3.05, 3.63) is 23.4 Å². The first kappa shape index (κ1) is 17.7. The van der Waals surface area contributed by atoms with Crippen molar-refractivity contribution in [2.24, 2.45) is 11.8 Å². The molecule has 1 atom stereocenters. The number of hydrogen-bond acceptors (Lipinski definition) is 4. The van der Waals surface area contributed by atoms with Gasteiger partial charge in [-0.25, -0.2) is 0 Å². The minimum atomic E-state index is -1.48. The number of allylic oxidation sites excluding steroid dienone is 4. The van der Waals surface area contributed by atoms with Crippen LogP contribution in [-0.4, -0.2) is 33.2 Å². The molecule has 0 aromatic heterocycles. The van der Waals surface area contributed by atoms with E-state index in [0.717, 1.165) is 0 Å². The van der Waals surface area contributed by atoms with E-state index in [1.165, 1.54) is 5.20 Å². The second-order valence-electron chi connectivity index (χ2n) is 6.16. The summed E-state index contributed by atoms with van der Waals surface area (Å²) >= 11 is 0. The third kappa shape index (κ3) is 4.84. The molecular formula is C16H26O4Si. The molecule has 0 aliphatic heterocycles. The van der Waals surface area contributed by atoms with Gasteiger partial charge < -0.3 is 9.47 Å². The summed E-state index contributed by atoms with van der Waals surface area (Å²) in [6.07, 6.45) is 6.90. The third-order valence-corrected chi connectivity index (χ3v) is 5.54. The molecule has 0 unspecified atom stereocenters. The van der Waals surface area contributed by atoms with Crippen LogP contribution in [0.5, 0.6) is 0 Å². The highest BCUT2D eigenvalue weighted by Crippen LogP contribution is 2.30. The SMILES string of the molecule is CCOC(=O)C(C(=O)OCC)[C@@H]1C=C([Si](C)(C)C)C=CC1. The summed E-state index contributed by atoms with van der Waals surface area (Å²) in [6, 6.07) is 0. The molecule has 1 aliphatic rings. The van der Waals surface area contributed by atoms with E-state index in [1.807, 2.05) is 6.08 Å². The second kappa shape index (κ2) is 7.59. The van der Waals surface area contributed by atoms with Gasteiger partial charge in [-0.3, -0.25) is 9.59 Å². The first-order valence-electron chi connectivity index (χ1n) is 7.53. The maximum Gasteiger partial charge on any atom is 0.320 e. The molecule has 0 fully saturated rings. The minimum Gasteiger partial charge on any atom is -0.465 e. The maximum atomic E-state index is 12.2. The molecule has 5 heteroatoms. The summed E-state index contributed by atoms with van der Waals surface area (Å²) in [4.78, 5) is 24.3. The first-order chi connectivity index (χ1) is 9.81. The average Bonchev–Trinajstić information content (AvgIpc) is 2.39. The molecule has 1 rings (SSSR count). The van der Waals surface area contributed by atoms with Crippen molar-refractivity contribution in [1.82, 2.24) is 0 Å². The lowest BCUT2D eigenvalue weighted by Gasteiger charge is -2.27. The summed E-state index contributed by atoms with van der Waals surface area (Å²) in [5, 5.41) is 1.26. The molecule has 0 bridgehead atoms. The van der Waals surface area contributed by atoms with E-state index in [4.69, 9.17) is 9.47 Å². The molecule has 0 saturated heterocycles. The highest BCUT2D eigenvalue weighted by Gasteiger charge is 2.37. The summed E-state index contributed by atoms with van der Waals surface area (Å²) in [5.41, 5.74) is 0.